The van der Waals surface area contributed by atoms with Crippen LogP contribution in [0.25, 0.3) is 16.7 Å². The lowest BCUT2D eigenvalue weighted by atomic mass is 10.1. The number of aliphatic hydroxyl groups excluding tert-OH is 1. The molecule has 2 fully saturated rings. The minimum absolute atomic E-state index is 0.0532. The van der Waals surface area contributed by atoms with Crippen LogP contribution in [0.1, 0.15) is 30.7 Å². The fourth-order valence-corrected chi connectivity index (χ4v) is 7.67. The molecule has 1 aliphatic heterocycles. The number of alkyl halides is 4. The second-order valence-electron chi connectivity index (χ2n) is 10.3. The van der Waals surface area contributed by atoms with Crippen LogP contribution >= 0.6 is 0 Å². The number of furan rings is 1. The third-order valence-corrected chi connectivity index (χ3v) is 9.69. The van der Waals surface area contributed by atoms with E-state index < -0.39 is 51.5 Å². The fourth-order valence-electron chi connectivity index (χ4n) is 5.43. The van der Waals surface area contributed by atoms with Gasteiger partial charge >= 0.3 is 6.18 Å². The van der Waals surface area contributed by atoms with E-state index in [0.717, 1.165) is 12.4 Å². The van der Waals surface area contributed by atoms with Gasteiger partial charge < -0.3 is 14.3 Å². The zero-order chi connectivity index (χ0) is 30.0. The van der Waals surface area contributed by atoms with Crippen molar-refractivity contribution in [2.24, 2.45) is 0 Å². The van der Waals surface area contributed by atoms with Gasteiger partial charge in [0.15, 0.2) is 5.09 Å². The van der Waals surface area contributed by atoms with Crippen LogP contribution < -0.4 is 10.1 Å². The Labute approximate surface area is 236 Å². The summed E-state index contributed by atoms with van der Waals surface area (Å²) in [5.74, 6) is 2.20. The van der Waals surface area contributed by atoms with Crippen molar-refractivity contribution in [2.75, 3.05) is 7.11 Å². The molecule has 2 unspecified atom stereocenters. The SMILES string of the molecule is C=S(=O)(c1cc2cc(F)ccc2o1)N1[C@H](C(O)NCc2cn(-c3cnc(C(F)(F)F)nc3)nc2OC)C[C@@H](F)C12CC2. The molecule has 2 N–H and O–H groups in total. The van der Waals surface area contributed by atoms with Gasteiger partial charge in [0.1, 0.15) is 29.5 Å². The standard InChI is InChI=1S/C26H25F5N6O4S/c1-40-23-15(13-36(35-23)17-11-33-24(34-12-17)26(29,30)31)10-32-22(38)18-9-20(28)25(5-6-25)37(18)42(2,39)21-8-14-7-16(27)3-4-19(14)41-21/h3-4,7-8,11-13,18,20,22,32,38H,2,5-6,9-10H2,1H3/t18-,20+,22?,42?/m0/s1. The van der Waals surface area contributed by atoms with E-state index in [1.807, 2.05) is 0 Å². The molecular weight excluding hydrogens is 587 g/mol. The Morgan fingerprint density at radius 3 is 2.64 bits per heavy atom. The summed E-state index contributed by atoms with van der Waals surface area (Å²) in [4.78, 5) is 6.65. The highest BCUT2D eigenvalue weighted by molar-refractivity contribution is 7.98. The molecule has 1 aliphatic carbocycles. The number of nitrogens with one attached hydrogen (secondary N) is 1. The van der Waals surface area contributed by atoms with Crippen LogP contribution in [0.15, 0.2) is 52.4 Å². The molecule has 42 heavy (non-hydrogen) atoms. The number of nitrogens with zero attached hydrogens (tertiary/aromatic N) is 5. The smallest absolute Gasteiger partial charge is 0.451 e. The highest BCUT2D eigenvalue weighted by Gasteiger charge is 2.65. The largest absolute Gasteiger partial charge is 0.480 e. The lowest BCUT2D eigenvalue weighted by Crippen LogP contribution is -2.52. The Bertz CT molecular complexity index is 1740. The molecule has 0 amide bonds. The minimum Gasteiger partial charge on any atom is -0.480 e. The van der Waals surface area contributed by atoms with E-state index in [0.29, 0.717) is 29.4 Å². The van der Waals surface area contributed by atoms with Crippen molar-refractivity contribution < 1.29 is 40.4 Å². The van der Waals surface area contributed by atoms with Gasteiger partial charge in [-0.3, -0.25) is 5.32 Å². The lowest BCUT2D eigenvalue weighted by molar-refractivity contribution is -0.145. The van der Waals surface area contributed by atoms with E-state index in [1.165, 1.54) is 46.6 Å². The summed E-state index contributed by atoms with van der Waals surface area (Å²) in [7, 11) is -2.11. The van der Waals surface area contributed by atoms with Gasteiger partial charge in [-0.1, -0.05) is 0 Å². The van der Waals surface area contributed by atoms with Crippen molar-refractivity contribution in [1.82, 2.24) is 29.4 Å². The molecule has 4 aromatic rings. The maximum absolute atomic E-state index is 15.4. The van der Waals surface area contributed by atoms with Gasteiger partial charge in [0.05, 0.1) is 40.8 Å². The van der Waals surface area contributed by atoms with Gasteiger partial charge in [0.25, 0.3) is 0 Å². The van der Waals surface area contributed by atoms with Gasteiger partial charge in [0.2, 0.25) is 11.7 Å². The highest BCUT2D eigenvalue weighted by Crippen LogP contribution is 2.56. The zero-order valence-electron chi connectivity index (χ0n) is 22.0. The summed E-state index contributed by atoms with van der Waals surface area (Å²) >= 11 is 0. The monoisotopic (exact) mass is 612 g/mol. The molecule has 0 bridgehead atoms. The summed E-state index contributed by atoms with van der Waals surface area (Å²) in [6.07, 6.45) is -3.42. The summed E-state index contributed by atoms with van der Waals surface area (Å²) in [5.41, 5.74) is -0.245. The fraction of sp³-hybridized carbons (Fsp3) is 0.385. The Balaban J connectivity index is 1.23. The van der Waals surface area contributed by atoms with Crippen molar-refractivity contribution in [3.8, 4) is 11.6 Å². The van der Waals surface area contributed by atoms with E-state index in [4.69, 9.17) is 9.15 Å². The normalized spacial score (nSPS) is 22.5. The molecule has 10 nitrogen and oxygen atoms in total. The van der Waals surface area contributed by atoms with Crippen molar-refractivity contribution in [3.05, 3.63) is 60.1 Å². The maximum Gasteiger partial charge on any atom is 0.451 e. The molecule has 16 heteroatoms. The van der Waals surface area contributed by atoms with Gasteiger partial charge in [-0.2, -0.15) is 13.2 Å². The predicted molar refractivity (Wildman–Crippen MR) is 140 cm³/mol. The Morgan fingerprint density at radius 1 is 1.29 bits per heavy atom. The van der Waals surface area contributed by atoms with Gasteiger partial charge in [-0.05, 0) is 36.9 Å². The molecule has 3 aromatic heterocycles. The predicted octanol–water partition coefficient (Wildman–Crippen LogP) is 3.62. The van der Waals surface area contributed by atoms with E-state index in [-0.39, 0.29) is 29.6 Å². The Kier molecular flexibility index (Phi) is 6.79. The first-order chi connectivity index (χ1) is 19.8. The van der Waals surface area contributed by atoms with Crippen molar-refractivity contribution >= 4 is 26.5 Å². The molecular formula is C26H25F5N6O4S. The third kappa shape index (κ3) is 4.81. The second kappa shape index (κ2) is 10.00. The number of aromatic nitrogens is 4. The number of halogens is 5. The summed E-state index contributed by atoms with van der Waals surface area (Å²) in [6, 6.07) is 4.27. The highest BCUT2D eigenvalue weighted by atomic mass is 32.2. The van der Waals surface area contributed by atoms with Crippen molar-refractivity contribution in [1.29, 1.82) is 0 Å². The number of benzene rings is 1. The summed E-state index contributed by atoms with van der Waals surface area (Å²) < 4.78 is 95.4. The average molecular weight is 613 g/mol. The average Bonchev–Trinajstić information content (AvgIpc) is 3.30. The molecule has 4 atom stereocenters. The molecule has 6 rings (SSSR count). The molecule has 1 saturated heterocycles. The number of methoxy groups -OCH3 is 1. The molecule has 0 radical (unpaired) electrons. The van der Waals surface area contributed by atoms with Gasteiger partial charge in [-0.15, -0.1) is 5.10 Å². The summed E-state index contributed by atoms with van der Waals surface area (Å²) in [5, 5.41) is 18.6. The van der Waals surface area contributed by atoms with E-state index in [2.05, 4.69) is 26.3 Å². The quantitative estimate of drug-likeness (QED) is 0.176. The van der Waals surface area contributed by atoms with Crippen LogP contribution in [0.2, 0.25) is 0 Å². The molecule has 1 aromatic carbocycles. The number of ether oxygens (including phenoxy) is 1. The van der Waals surface area contributed by atoms with Crippen LogP contribution in [-0.2, 0) is 22.4 Å². The lowest BCUT2D eigenvalue weighted by Gasteiger charge is -2.34. The maximum atomic E-state index is 15.4. The number of hydrogen-bond acceptors (Lipinski definition) is 8. The first-order valence-electron chi connectivity index (χ1n) is 12.8. The van der Waals surface area contributed by atoms with Crippen molar-refractivity contribution in [2.45, 2.75) is 61.1 Å². The number of rotatable bonds is 8. The van der Waals surface area contributed by atoms with E-state index >= 15 is 4.39 Å². The number of fused-ring (bicyclic) bond motifs is 1. The van der Waals surface area contributed by atoms with Crippen LogP contribution in [-0.4, -0.2) is 70.3 Å². The van der Waals surface area contributed by atoms with Crippen LogP contribution in [0.5, 0.6) is 5.88 Å². The van der Waals surface area contributed by atoms with Crippen molar-refractivity contribution in [3.63, 3.8) is 0 Å². The number of hydrogen-bond donors (Lipinski definition) is 2. The zero-order valence-corrected chi connectivity index (χ0v) is 22.8. The van der Waals surface area contributed by atoms with Crippen LogP contribution in [0.3, 0.4) is 0 Å². The minimum atomic E-state index is -4.70. The van der Waals surface area contributed by atoms with Gasteiger partial charge in [-0.25, -0.2) is 31.9 Å². The molecule has 224 valence electrons. The number of aliphatic hydroxyl groups is 1. The molecule has 4 heterocycles. The van der Waals surface area contributed by atoms with Gasteiger partial charge in [0, 0.05) is 36.2 Å². The topological polar surface area (TPSA) is 119 Å². The molecule has 1 saturated carbocycles. The molecule has 1 spiro atoms. The Hall–Kier alpha value is -3.60. The Morgan fingerprint density at radius 2 is 2.00 bits per heavy atom. The van der Waals surface area contributed by atoms with E-state index in [1.54, 1.807) is 0 Å². The molecule has 2 aliphatic rings. The van der Waals surface area contributed by atoms with Crippen LogP contribution in [0.4, 0.5) is 22.0 Å². The first kappa shape index (κ1) is 28.5. The second-order valence-corrected chi connectivity index (χ2v) is 12.4. The summed E-state index contributed by atoms with van der Waals surface area (Å²) in [6.45, 7) is -0.0532. The first-order valence-corrected chi connectivity index (χ1v) is 14.5. The van der Waals surface area contributed by atoms with Crippen LogP contribution in [0, 0.1) is 5.82 Å². The third-order valence-electron chi connectivity index (χ3n) is 7.59. The van der Waals surface area contributed by atoms with E-state index in [9.17, 15) is 26.9 Å².